The minimum absolute atomic E-state index is 0.0567. The van der Waals surface area contributed by atoms with Gasteiger partial charge >= 0.3 is 5.97 Å². The smallest absolute Gasteiger partial charge is 0.303 e. The van der Waals surface area contributed by atoms with Crippen LogP contribution in [-0.2, 0) is 4.79 Å². The van der Waals surface area contributed by atoms with Crippen molar-refractivity contribution < 1.29 is 24.2 Å². The normalized spacial score (nSPS) is 9.76. The molecule has 17 heavy (non-hydrogen) atoms. The first-order valence-corrected chi connectivity index (χ1v) is 5.06. The molecule has 0 radical (unpaired) electrons. The van der Waals surface area contributed by atoms with Gasteiger partial charge in [-0.05, 0) is 12.1 Å². The Morgan fingerprint density at radius 1 is 1.18 bits per heavy atom. The highest BCUT2D eigenvalue weighted by Crippen LogP contribution is 2.31. The van der Waals surface area contributed by atoms with Gasteiger partial charge in [0.2, 0.25) is 0 Å². The van der Waals surface area contributed by atoms with Crippen LogP contribution in [0.15, 0.2) is 18.2 Å². The van der Waals surface area contributed by atoms with Crippen molar-refractivity contribution in [3.8, 4) is 11.5 Å². The summed E-state index contributed by atoms with van der Waals surface area (Å²) in [6.45, 7) is 0. The predicted molar refractivity (Wildman–Crippen MR) is 60.7 cm³/mol. The van der Waals surface area contributed by atoms with Gasteiger partial charge in [-0.15, -0.1) is 0 Å². The van der Waals surface area contributed by atoms with E-state index >= 15 is 0 Å². The van der Waals surface area contributed by atoms with Crippen LogP contribution in [0.25, 0.3) is 0 Å². The van der Waals surface area contributed by atoms with E-state index < -0.39 is 5.97 Å². The standard InChI is InChI=1S/C12H14O5/c1-16-10-5-3-4-8(12(10)17-2)9(13)6-7-11(14)15/h3-5H,6-7H2,1-2H3,(H,14,15). The highest BCUT2D eigenvalue weighted by Gasteiger charge is 2.16. The number of carboxylic acids is 1. The summed E-state index contributed by atoms with van der Waals surface area (Å²) in [6, 6.07) is 4.92. The number of rotatable bonds is 6. The monoisotopic (exact) mass is 238 g/mol. The molecule has 92 valence electrons. The van der Waals surface area contributed by atoms with Crippen LogP contribution in [0, 0.1) is 0 Å². The van der Waals surface area contributed by atoms with Crippen molar-refractivity contribution in [1.82, 2.24) is 0 Å². The van der Waals surface area contributed by atoms with Crippen LogP contribution in [0.3, 0.4) is 0 Å². The molecular formula is C12H14O5. The number of ketones is 1. The van der Waals surface area contributed by atoms with Gasteiger partial charge in [0.05, 0.1) is 26.2 Å². The molecule has 0 aromatic heterocycles. The minimum Gasteiger partial charge on any atom is -0.493 e. The van der Waals surface area contributed by atoms with Gasteiger partial charge in [0.25, 0.3) is 0 Å². The zero-order valence-electron chi connectivity index (χ0n) is 9.73. The summed E-state index contributed by atoms with van der Waals surface area (Å²) < 4.78 is 10.2. The van der Waals surface area contributed by atoms with E-state index in [-0.39, 0.29) is 18.6 Å². The Kier molecular flexibility index (Phi) is 4.51. The fourth-order valence-electron chi connectivity index (χ4n) is 1.46. The summed E-state index contributed by atoms with van der Waals surface area (Å²) in [7, 11) is 2.91. The Morgan fingerprint density at radius 2 is 1.88 bits per heavy atom. The lowest BCUT2D eigenvalue weighted by molar-refractivity contribution is -0.136. The van der Waals surface area contributed by atoms with E-state index in [0.29, 0.717) is 17.1 Å². The Morgan fingerprint density at radius 3 is 2.41 bits per heavy atom. The first kappa shape index (κ1) is 13.0. The van der Waals surface area contributed by atoms with Crippen LogP contribution in [0.2, 0.25) is 0 Å². The Hall–Kier alpha value is -2.04. The lowest BCUT2D eigenvalue weighted by Gasteiger charge is -2.11. The van der Waals surface area contributed by atoms with Gasteiger partial charge in [0.15, 0.2) is 17.3 Å². The molecule has 0 unspecified atom stereocenters. The first-order chi connectivity index (χ1) is 8.10. The molecule has 0 spiro atoms. The van der Waals surface area contributed by atoms with Gasteiger partial charge in [-0.1, -0.05) is 6.07 Å². The molecule has 0 saturated heterocycles. The topological polar surface area (TPSA) is 72.8 Å². The van der Waals surface area contributed by atoms with Crippen molar-refractivity contribution in [2.45, 2.75) is 12.8 Å². The number of carbonyl (C=O) groups is 2. The van der Waals surface area contributed by atoms with Crippen molar-refractivity contribution in [2.75, 3.05) is 14.2 Å². The number of carboxylic acid groups (broad SMARTS) is 1. The molecule has 1 aromatic carbocycles. The van der Waals surface area contributed by atoms with Crippen LogP contribution in [-0.4, -0.2) is 31.1 Å². The number of hydrogen-bond donors (Lipinski definition) is 1. The van der Waals surface area contributed by atoms with E-state index in [9.17, 15) is 9.59 Å². The van der Waals surface area contributed by atoms with E-state index in [1.54, 1.807) is 18.2 Å². The molecule has 0 heterocycles. The second-order valence-corrected chi connectivity index (χ2v) is 3.36. The van der Waals surface area contributed by atoms with E-state index in [1.165, 1.54) is 14.2 Å². The van der Waals surface area contributed by atoms with Crippen LogP contribution < -0.4 is 9.47 Å². The van der Waals surface area contributed by atoms with Gasteiger partial charge in [-0.25, -0.2) is 0 Å². The number of carbonyl (C=O) groups excluding carboxylic acids is 1. The minimum atomic E-state index is -1.000. The second-order valence-electron chi connectivity index (χ2n) is 3.36. The average molecular weight is 238 g/mol. The maximum Gasteiger partial charge on any atom is 0.303 e. The summed E-state index contributed by atoms with van der Waals surface area (Å²) in [6.07, 6.45) is -0.252. The number of aliphatic carboxylic acids is 1. The molecule has 0 aliphatic heterocycles. The molecule has 0 amide bonds. The molecule has 0 aliphatic carbocycles. The Labute approximate surface area is 99.0 Å². The number of ether oxygens (including phenoxy) is 2. The third-order valence-corrected chi connectivity index (χ3v) is 2.27. The fourth-order valence-corrected chi connectivity index (χ4v) is 1.46. The molecule has 0 atom stereocenters. The van der Waals surface area contributed by atoms with Gasteiger partial charge in [-0.2, -0.15) is 0 Å². The maximum absolute atomic E-state index is 11.8. The maximum atomic E-state index is 11.8. The summed E-state index contributed by atoms with van der Waals surface area (Å²) in [5.41, 5.74) is 0.341. The summed E-state index contributed by atoms with van der Waals surface area (Å²) in [4.78, 5) is 22.2. The predicted octanol–water partition coefficient (Wildman–Crippen LogP) is 1.75. The molecule has 1 N–H and O–H groups in total. The summed E-state index contributed by atoms with van der Waals surface area (Å²) in [5.74, 6) is -0.484. The van der Waals surface area contributed by atoms with E-state index in [1.807, 2.05) is 0 Å². The number of hydrogen-bond acceptors (Lipinski definition) is 4. The van der Waals surface area contributed by atoms with Gasteiger partial charge in [-0.3, -0.25) is 9.59 Å². The molecule has 5 nitrogen and oxygen atoms in total. The molecule has 0 saturated carbocycles. The Bertz CT molecular complexity index is 425. The van der Waals surface area contributed by atoms with Gasteiger partial charge in [0.1, 0.15) is 0 Å². The quantitative estimate of drug-likeness (QED) is 0.764. The van der Waals surface area contributed by atoms with Crippen LogP contribution in [0.5, 0.6) is 11.5 Å². The number of para-hydroxylation sites is 1. The molecule has 0 aliphatic rings. The molecule has 5 heteroatoms. The Balaban J connectivity index is 2.96. The van der Waals surface area contributed by atoms with Crippen LogP contribution >= 0.6 is 0 Å². The number of methoxy groups -OCH3 is 2. The first-order valence-electron chi connectivity index (χ1n) is 5.06. The fraction of sp³-hybridized carbons (Fsp3) is 0.333. The van der Waals surface area contributed by atoms with Crippen molar-refractivity contribution in [3.63, 3.8) is 0 Å². The van der Waals surface area contributed by atoms with Crippen molar-refractivity contribution >= 4 is 11.8 Å². The zero-order valence-corrected chi connectivity index (χ0v) is 9.73. The summed E-state index contributed by atoms with van der Waals surface area (Å²) >= 11 is 0. The highest BCUT2D eigenvalue weighted by atomic mass is 16.5. The van der Waals surface area contributed by atoms with Crippen LogP contribution in [0.1, 0.15) is 23.2 Å². The molecule has 0 bridgehead atoms. The molecule has 1 rings (SSSR count). The third kappa shape index (κ3) is 3.21. The number of Topliss-reactive ketones (excluding diaryl/α,β-unsaturated/α-hetero) is 1. The lowest BCUT2D eigenvalue weighted by atomic mass is 10.1. The molecular weight excluding hydrogens is 224 g/mol. The number of benzene rings is 1. The lowest BCUT2D eigenvalue weighted by Crippen LogP contribution is -2.06. The third-order valence-electron chi connectivity index (χ3n) is 2.27. The SMILES string of the molecule is COc1cccc(C(=O)CCC(=O)O)c1OC. The van der Waals surface area contributed by atoms with E-state index in [0.717, 1.165) is 0 Å². The molecule has 1 aromatic rings. The van der Waals surface area contributed by atoms with E-state index in [4.69, 9.17) is 14.6 Å². The van der Waals surface area contributed by atoms with Crippen molar-refractivity contribution in [3.05, 3.63) is 23.8 Å². The highest BCUT2D eigenvalue weighted by molar-refractivity contribution is 6.00. The van der Waals surface area contributed by atoms with Crippen LogP contribution in [0.4, 0.5) is 0 Å². The second kappa shape index (κ2) is 5.89. The van der Waals surface area contributed by atoms with Crippen molar-refractivity contribution in [1.29, 1.82) is 0 Å². The van der Waals surface area contributed by atoms with Gasteiger partial charge < -0.3 is 14.6 Å². The van der Waals surface area contributed by atoms with Gasteiger partial charge in [0, 0.05) is 6.42 Å². The summed E-state index contributed by atoms with van der Waals surface area (Å²) in [5, 5.41) is 8.53. The van der Waals surface area contributed by atoms with E-state index in [2.05, 4.69) is 0 Å². The molecule has 0 fully saturated rings. The average Bonchev–Trinajstić information content (AvgIpc) is 2.34. The largest absolute Gasteiger partial charge is 0.493 e. The van der Waals surface area contributed by atoms with Crippen molar-refractivity contribution in [2.24, 2.45) is 0 Å². The zero-order chi connectivity index (χ0) is 12.8.